The van der Waals surface area contributed by atoms with E-state index in [4.69, 9.17) is 5.73 Å². The van der Waals surface area contributed by atoms with Crippen molar-refractivity contribution in [2.45, 2.75) is 23.0 Å². The third-order valence-corrected chi connectivity index (χ3v) is 5.41. The van der Waals surface area contributed by atoms with Crippen molar-refractivity contribution in [3.63, 3.8) is 0 Å². The first-order chi connectivity index (χ1) is 8.08. The van der Waals surface area contributed by atoms with E-state index in [0.717, 1.165) is 12.2 Å². The van der Waals surface area contributed by atoms with E-state index in [0.29, 0.717) is 11.8 Å². The second-order valence-corrected chi connectivity index (χ2v) is 7.08. The van der Waals surface area contributed by atoms with Gasteiger partial charge in [-0.05, 0) is 24.7 Å². The van der Waals surface area contributed by atoms with Gasteiger partial charge in [0.2, 0.25) is 10.0 Å². The van der Waals surface area contributed by atoms with Gasteiger partial charge in [0, 0.05) is 24.1 Å². The summed E-state index contributed by atoms with van der Waals surface area (Å²) in [5.41, 5.74) is 5.47. The van der Waals surface area contributed by atoms with Crippen LogP contribution in [0.2, 0.25) is 0 Å². The topological polar surface area (TPSA) is 85.1 Å². The number of nitrogen functional groups attached to an aromatic ring is 1. The Morgan fingerprint density at radius 3 is 3.06 bits per heavy atom. The van der Waals surface area contributed by atoms with Crippen LogP contribution in [0, 0.1) is 0 Å². The van der Waals surface area contributed by atoms with Crippen molar-refractivity contribution in [1.29, 1.82) is 0 Å². The van der Waals surface area contributed by atoms with Gasteiger partial charge in [0.15, 0.2) is 0 Å². The summed E-state index contributed by atoms with van der Waals surface area (Å²) in [5.74, 6) is 1.33. The first-order valence-electron chi connectivity index (χ1n) is 5.41. The molecule has 2 heterocycles. The number of rotatable bonds is 4. The van der Waals surface area contributed by atoms with E-state index in [9.17, 15) is 8.42 Å². The standard InChI is InChI=1S/C10H15N3O2S2/c11-10-6-9(3-4-12-10)17(14,15)13-7-8-2-1-5-16-8/h3-4,6,8,13H,1-2,5,7H2,(H2,11,12). The Bertz CT molecular complexity index is 484. The number of nitrogens with zero attached hydrogens (tertiary/aromatic N) is 1. The van der Waals surface area contributed by atoms with Crippen LogP contribution in [0.3, 0.4) is 0 Å². The van der Waals surface area contributed by atoms with Gasteiger partial charge in [0.25, 0.3) is 0 Å². The highest BCUT2D eigenvalue weighted by Gasteiger charge is 2.20. The quantitative estimate of drug-likeness (QED) is 0.849. The van der Waals surface area contributed by atoms with Crippen LogP contribution < -0.4 is 10.5 Å². The number of aromatic nitrogens is 1. The number of sulfonamides is 1. The van der Waals surface area contributed by atoms with Gasteiger partial charge in [-0.3, -0.25) is 0 Å². The highest BCUT2D eigenvalue weighted by Crippen LogP contribution is 2.25. The highest BCUT2D eigenvalue weighted by atomic mass is 32.2. The van der Waals surface area contributed by atoms with E-state index in [1.807, 2.05) is 11.8 Å². The van der Waals surface area contributed by atoms with Gasteiger partial charge in [-0.1, -0.05) is 0 Å². The molecule has 1 atom stereocenters. The van der Waals surface area contributed by atoms with Crippen molar-refractivity contribution in [2.75, 3.05) is 18.0 Å². The maximum absolute atomic E-state index is 11.9. The summed E-state index contributed by atoms with van der Waals surface area (Å²) in [6.45, 7) is 0.481. The largest absolute Gasteiger partial charge is 0.384 e. The number of anilines is 1. The molecular weight excluding hydrogens is 258 g/mol. The third kappa shape index (κ3) is 3.34. The lowest BCUT2D eigenvalue weighted by atomic mass is 10.2. The number of hydrogen-bond donors (Lipinski definition) is 2. The predicted octanol–water partition coefficient (Wildman–Crippen LogP) is 0.838. The molecule has 0 saturated carbocycles. The zero-order valence-electron chi connectivity index (χ0n) is 9.30. The van der Waals surface area contributed by atoms with E-state index in [1.54, 1.807) is 0 Å². The summed E-state index contributed by atoms with van der Waals surface area (Å²) in [5, 5.41) is 0.393. The fourth-order valence-corrected chi connectivity index (χ4v) is 4.10. The Hall–Kier alpha value is -0.790. The predicted molar refractivity (Wildman–Crippen MR) is 69.3 cm³/mol. The molecule has 17 heavy (non-hydrogen) atoms. The Morgan fingerprint density at radius 2 is 2.41 bits per heavy atom. The monoisotopic (exact) mass is 273 g/mol. The molecule has 2 rings (SSSR count). The van der Waals surface area contributed by atoms with Gasteiger partial charge in [-0.15, -0.1) is 0 Å². The molecule has 94 valence electrons. The minimum absolute atomic E-state index is 0.174. The maximum Gasteiger partial charge on any atom is 0.240 e. The van der Waals surface area contributed by atoms with Crippen molar-refractivity contribution in [3.8, 4) is 0 Å². The molecule has 1 aliphatic heterocycles. The molecule has 1 unspecified atom stereocenters. The number of nitrogens with one attached hydrogen (secondary N) is 1. The zero-order chi connectivity index (χ0) is 12.3. The van der Waals surface area contributed by atoms with E-state index in [1.165, 1.54) is 24.8 Å². The van der Waals surface area contributed by atoms with Crippen molar-refractivity contribution < 1.29 is 8.42 Å². The molecular formula is C10H15N3O2S2. The summed E-state index contributed by atoms with van der Waals surface area (Å²) >= 11 is 1.82. The van der Waals surface area contributed by atoms with Gasteiger partial charge in [0.05, 0.1) is 4.90 Å². The van der Waals surface area contributed by atoms with Crippen LogP contribution in [0.25, 0.3) is 0 Å². The first kappa shape index (κ1) is 12.7. The van der Waals surface area contributed by atoms with Gasteiger partial charge < -0.3 is 5.73 Å². The summed E-state index contributed by atoms with van der Waals surface area (Å²) in [6.07, 6.45) is 3.64. The second kappa shape index (κ2) is 5.24. The molecule has 0 radical (unpaired) electrons. The summed E-state index contributed by atoms with van der Waals surface area (Å²) < 4.78 is 26.5. The van der Waals surface area contributed by atoms with Crippen molar-refractivity contribution >= 4 is 27.6 Å². The second-order valence-electron chi connectivity index (χ2n) is 3.90. The van der Waals surface area contributed by atoms with Gasteiger partial charge >= 0.3 is 0 Å². The molecule has 0 aromatic carbocycles. The highest BCUT2D eigenvalue weighted by molar-refractivity contribution is 8.00. The van der Waals surface area contributed by atoms with Crippen LogP contribution in [0.15, 0.2) is 23.2 Å². The van der Waals surface area contributed by atoms with Crippen molar-refractivity contribution in [2.24, 2.45) is 0 Å². The lowest BCUT2D eigenvalue weighted by Crippen LogP contribution is -2.29. The molecule has 1 saturated heterocycles. The number of pyridine rings is 1. The number of hydrogen-bond acceptors (Lipinski definition) is 5. The van der Waals surface area contributed by atoms with Crippen molar-refractivity contribution in [1.82, 2.24) is 9.71 Å². The Labute approximate surface area is 105 Å². The number of nitrogens with two attached hydrogens (primary N) is 1. The molecule has 1 fully saturated rings. The average molecular weight is 273 g/mol. The number of thioether (sulfide) groups is 1. The van der Waals surface area contributed by atoms with E-state index >= 15 is 0 Å². The van der Waals surface area contributed by atoms with Gasteiger partial charge in [0.1, 0.15) is 5.82 Å². The average Bonchev–Trinajstić information content (AvgIpc) is 2.79. The first-order valence-corrected chi connectivity index (χ1v) is 7.94. The van der Waals surface area contributed by atoms with Crippen LogP contribution in [-0.2, 0) is 10.0 Å². The van der Waals surface area contributed by atoms with Crippen LogP contribution in [0.5, 0.6) is 0 Å². The maximum atomic E-state index is 11.9. The fraction of sp³-hybridized carbons (Fsp3) is 0.500. The van der Waals surface area contributed by atoms with Crippen LogP contribution >= 0.6 is 11.8 Å². The van der Waals surface area contributed by atoms with Gasteiger partial charge in [-0.25, -0.2) is 18.1 Å². The summed E-state index contributed by atoms with van der Waals surface area (Å²) in [6, 6.07) is 2.81. The molecule has 0 spiro atoms. The molecule has 0 amide bonds. The molecule has 1 aromatic heterocycles. The molecule has 0 aliphatic carbocycles. The minimum atomic E-state index is -3.45. The summed E-state index contributed by atoms with van der Waals surface area (Å²) in [4.78, 5) is 3.95. The Balaban J connectivity index is 2.03. The normalized spacial score (nSPS) is 20.6. The Kier molecular flexibility index (Phi) is 3.90. The lowest BCUT2D eigenvalue weighted by Gasteiger charge is -2.10. The minimum Gasteiger partial charge on any atom is -0.384 e. The Morgan fingerprint density at radius 1 is 1.59 bits per heavy atom. The van der Waals surface area contributed by atoms with E-state index in [-0.39, 0.29) is 10.7 Å². The SMILES string of the molecule is Nc1cc(S(=O)(=O)NCC2CCCS2)ccn1. The lowest BCUT2D eigenvalue weighted by molar-refractivity contribution is 0.579. The van der Waals surface area contributed by atoms with Crippen molar-refractivity contribution in [3.05, 3.63) is 18.3 Å². The summed E-state index contributed by atoms with van der Waals surface area (Å²) in [7, 11) is -3.45. The van der Waals surface area contributed by atoms with E-state index in [2.05, 4.69) is 9.71 Å². The zero-order valence-corrected chi connectivity index (χ0v) is 10.9. The molecule has 7 heteroatoms. The molecule has 1 aromatic rings. The molecule has 0 bridgehead atoms. The smallest absolute Gasteiger partial charge is 0.240 e. The van der Waals surface area contributed by atoms with Crippen LogP contribution in [0.4, 0.5) is 5.82 Å². The molecule has 1 aliphatic rings. The van der Waals surface area contributed by atoms with Crippen LogP contribution in [0.1, 0.15) is 12.8 Å². The van der Waals surface area contributed by atoms with Gasteiger partial charge in [-0.2, -0.15) is 11.8 Å². The third-order valence-electron chi connectivity index (χ3n) is 2.59. The molecule has 5 nitrogen and oxygen atoms in total. The van der Waals surface area contributed by atoms with Crippen LogP contribution in [-0.4, -0.2) is 30.9 Å². The van der Waals surface area contributed by atoms with E-state index < -0.39 is 10.0 Å². The molecule has 3 N–H and O–H groups in total. The fourth-order valence-electron chi connectivity index (χ4n) is 1.69.